The number of amides is 3. The fraction of sp³-hybridized carbons (Fsp3) is 0.250. The Balaban J connectivity index is 1.42. The summed E-state index contributed by atoms with van der Waals surface area (Å²) < 4.78 is 32.5. The summed E-state index contributed by atoms with van der Waals surface area (Å²) in [4.78, 5) is 44.2. The predicted octanol–water partition coefficient (Wildman–Crippen LogP) is 3.40. The molecule has 3 amide bonds. The van der Waals surface area contributed by atoms with Crippen LogP contribution < -0.4 is 5.32 Å². The molecule has 12 heteroatoms. The molecule has 0 saturated heterocycles. The van der Waals surface area contributed by atoms with Crippen LogP contribution in [0.1, 0.15) is 47.2 Å². The number of hydrogen-bond acceptors (Lipinski definition) is 8. The second-order valence-electron chi connectivity index (χ2n) is 10.4. The highest BCUT2D eigenvalue weighted by Gasteiger charge is 2.37. The monoisotopic (exact) mass is 561 g/mol. The number of carbonyl (C=O) groups excluding carboxylic acids is 3. The maximum atomic E-state index is 13.1. The van der Waals surface area contributed by atoms with Crippen molar-refractivity contribution in [3.05, 3.63) is 89.9 Å². The summed E-state index contributed by atoms with van der Waals surface area (Å²) in [5.41, 5.74) is 0.608. The van der Waals surface area contributed by atoms with Crippen molar-refractivity contribution in [3.63, 3.8) is 0 Å². The van der Waals surface area contributed by atoms with E-state index in [1.54, 1.807) is 69.3 Å². The highest BCUT2D eigenvalue weighted by atomic mass is 32.2. The molecule has 1 atom stereocenters. The van der Waals surface area contributed by atoms with Gasteiger partial charge in [0.25, 0.3) is 21.8 Å². The summed E-state index contributed by atoms with van der Waals surface area (Å²) in [6.07, 6.45) is 2.22. The quantitative estimate of drug-likeness (QED) is 0.339. The van der Waals surface area contributed by atoms with Crippen molar-refractivity contribution in [3.8, 4) is 0 Å². The molecule has 1 unspecified atom stereocenters. The molecule has 0 saturated carbocycles. The third-order valence-electron chi connectivity index (χ3n) is 6.20. The molecule has 206 valence electrons. The smallest absolute Gasteiger partial charge is 0.407 e. The van der Waals surface area contributed by atoms with Gasteiger partial charge in [0.15, 0.2) is 0 Å². The van der Waals surface area contributed by atoms with Gasteiger partial charge in [0, 0.05) is 17.5 Å². The molecule has 1 N–H and O–H groups in total. The number of ether oxygens (including phenoxy) is 1. The second kappa shape index (κ2) is 10.2. The van der Waals surface area contributed by atoms with Crippen LogP contribution >= 0.6 is 0 Å². The van der Waals surface area contributed by atoms with E-state index in [1.807, 2.05) is 0 Å². The van der Waals surface area contributed by atoms with Gasteiger partial charge in [-0.1, -0.05) is 30.3 Å². The number of rotatable bonds is 7. The van der Waals surface area contributed by atoms with Gasteiger partial charge >= 0.3 is 6.09 Å². The Morgan fingerprint density at radius 1 is 0.975 bits per heavy atom. The molecular formula is C28H27N5O6S. The van der Waals surface area contributed by atoms with Crippen LogP contribution in [0.5, 0.6) is 0 Å². The first-order valence-electron chi connectivity index (χ1n) is 12.5. The first kappa shape index (κ1) is 27.0. The van der Waals surface area contributed by atoms with Gasteiger partial charge in [-0.3, -0.25) is 19.5 Å². The molecule has 1 aliphatic rings. The largest absolute Gasteiger partial charge is 0.444 e. The molecule has 0 bridgehead atoms. The van der Waals surface area contributed by atoms with Crippen molar-refractivity contribution < 1.29 is 27.5 Å². The molecule has 40 heavy (non-hydrogen) atoms. The van der Waals surface area contributed by atoms with Crippen molar-refractivity contribution in [1.29, 1.82) is 0 Å². The molecule has 2 aromatic carbocycles. The highest BCUT2D eigenvalue weighted by molar-refractivity contribution is 7.90. The zero-order chi connectivity index (χ0) is 28.7. The predicted molar refractivity (Wildman–Crippen MR) is 145 cm³/mol. The van der Waals surface area contributed by atoms with Crippen LogP contribution in [0.15, 0.2) is 78.0 Å². The summed E-state index contributed by atoms with van der Waals surface area (Å²) in [5.74, 6) is -0.903. The number of pyridine rings is 1. The minimum Gasteiger partial charge on any atom is -0.444 e. The maximum absolute atomic E-state index is 13.1. The number of hydrogen-bond donors (Lipinski definition) is 1. The Labute approximate surface area is 230 Å². The van der Waals surface area contributed by atoms with Crippen molar-refractivity contribution in [2.45, 2.75) is 43.7 Å². The highest BCUT2D eigenvalue weighted by Crippen LogP contribution is 2.24. The van der Waals surface area contributed by atoms with E-state index < -0.39 is 39.6 Å². The van der Waals surface area contributed by atoms with Crippen LogP contribution in [0, 0.1) is 0 Å². The fourth-order valence-electron chi connectivity index (χ4n) is 4.46. The third-order valence-corrected chi connectivity index (χ3v) is 7.82. The Bertz CT molecular complexity index is 1690. The standard InChI is InChI=1S/C28H27N5O6S/c1-28(2,3)39-27(36)31-20(17-32-25(34)22-11-7-8-12-23(22)26(32)35)14-19-13-18-15-30-33(24(18)16-29-19)40(37,38)21-9-5-4-6-10-21/h4-13,15-16,20H,14,17H2,1-3H3,(H,31,36). The molecule has 1 aliphatic heterocycles. The molecule has 2 aromatic heterocycles. The lowest BCUT2D eigenvalue weighted by molar-refractivity contribution is 0.0467. The number of nitrogens with zero attached hydrogens (tertiary/aromatic N) is 4. The van der Waals surface area contributed by atoms with E-state index in [9.17, 15) is 22.8 Å². The SMILES string of the molecule is CC(C)(C)OC(=O)NC(Cc1cc2cnn(S(=O)(=O)c3ccccc3)c2cn1)CN1C(=O)c2ccccc2C1=O. The minimum absolute atomic E-state index is 0.0895. The van der Waals surface area contributed by atoms with E-state index >= 15 is 0 Å². The number of fused-ring (bicyclic) bond motifs is 2. The Kier molecular flexibility index (Phi) is 6.88. The normalized spacial score (nSPS) is 14.3. The Hall–Kier alpha value is -4.58. The molecule has 0 spiro atoms. The fourth-order valence-corrected chi connectivity index (χ4v) is 5.74. The molecule has 5 rings (SSSR count). The van der Waals surface area contributed by atoms with Crippen molar-refractivity contribution in [1.82, 2.24) is 24.4 Å². The number of carbonyl (C=O) groups is 3. The van der Waals surface area contributed by atoms with E-state index in [1.165, 1.54) is 24.5 Å². The average molecular weight is 562 g/mol. The van der Waals surface area contributed by atoms with Gasteiger partial charge in [0.1, 0.15) is 11.1 Å². The maximum Gasteiger partial charge on any atom is 0.407 e. The summed E-state index contributed by atoms with van der Waals surface area (Å²) in [6, 6.07) is 15.4. The number of imide groups is 1. The zero-order valence-corrected chi connectivity index (χ0v) is 22.9. The van der Waals surface area contributed by atoms with Crippen molar-refractivity contribution >= 4 is 38.8 Å². The van der Waals surface area contributed by atoms with E-state index in [0.29, 0.717) is 22.2 Å². The van der Waals surface area contributed by atoms with Crippen LogP contribution in [-0.4, -0.2) is 63.6 Å². The van der Waals surface area contributed by atoms with Crippen LogP contribution in [0.4, 0.5) is 4.79 Å². The van der Waals surface area contributed by atoms with E-state index in [0.717, 1.165) is 8.99 Å². The summed E-state index contributed by atoms with van der Waals surface area (Å²) >= 11 is 0. The van der Waals surface area contributed by atoms with Crippen LogP contribution in [0.25, 0.3) is 10.9 Å². The lowest BCUT2D eigenvalue weighted by Gasteiger charge is -2.26. The summed E-state index contributed by atoms with van der Waals surface area (Å²) in [7, 11) is -3.94. The third kappa shape index (κ3) is 5.30. The Morgan fingerprint density at radius 3 is 2.23 bits per heavy atom. The van der Waals surface area contributed by atoms with Crippen molar-refractivity contribution in [2.24, 2.45) is 0 Å². The van der Waals surface area contributed by atoms with Gasteiger partial charge < -0.3 is 10.1 Å². The Morgan fingerprint density at radius 2 is 1.60 bits per heavy atom. The molecular weight excluding hydrogens is 534 g/mol. The van der Waals surface area contributed by atoms with Gasteiger partial charge in [0.05, 0.1) is 41.0 Å². The van der Waals surface area contributed by atoms with Crippen LogP contribution in [-0.2, 0) is 21.2 Å². The number of nitrogens with one attached hydrogen (secondary N) is 1. The van der Waals surface area contributed by atoms with Gasteiger partial charge in [-0.25, -0.2) is 4.79 Å². The molecule has 11 nitrogen and oxygen atoms in total. The average Bonchev–Trinajstić information content (AvgIpc) is 3.43. The van der Waals surface area contributed by atoms with Crippen LogP contribution in [0.2, 0.25) is 0 Å². The summed E-state index contributed by atoms with van der Waals surface area (Å²) in [6.45, 7) is 5.06. The van der Waals surface area contributed by atoms with E-state index in [4.69, 9.17) is 4.74 Å². The second-order valence-corrected chi connectivity index (χ2v) is 12.1. The molecule has 4 aromatic rings. The molecule has 0 aliphatic carbocycles. The summed E-state index contributed by atoms with van der Waals surface area (Å²) in [5, 5.41) is 7.35. The molecule has 0 fully saturated rings. The van der Waals surface area contributed by atoms with Gasteiger partial charge in [-0.15, -0.1) is 0 Å². The number of benzene rings is 2. The molecule has 3 heterocycles. The van der Waals surface area contributed by atoms with Crippen molar-refractivity contribution in [2.75, 3.05) is 6.54 Å². The van der Waals surface area contributed by atoms with Gasteiger partial charge in [-0.2, -0.15) is 17.6 Å². The van der Waals surface area contributed by atoms with E-state index in [-0.39, 0.29) is 23.4 Å². The first-order chi connectivity index (χ1) is 18.9. The van der Waals surface area contributed by atoms with Gasteiger partial charge in [0.2, 0.25) is 0 Å². The topological polar surface area (TPSA) is 141 Å². The molecule has 0 radical (unpaired) electrons. The first-order valence-corrected chi connectivity index (χ1v) is 14.0. The number of alkyl carbamates (subject to hydrolysis) is 1. The lowest BCUT2D eigenvalue weighted by atomic mass is 10.1. The zero-order valence-electron chi connectivity index (χ0n) is 22.1. The lowest BCUT2D eigenvalue weighted by Crippen LogP contribution is -2.48. The minimum atomic E-state index is -3.94. The van der Waals surface area contributed by atoms with Gasteiger partial charge in [-0.05, 0) is 51.1 Å². The number of aromatic nitrogens is 3. The van der Waals surface area contributed by atoms with E-state index in [2.05, 4.69) is 15.4 Å². The van der Waals surface area contributed by atoms with Crippen LogP contribution in [0.3, 0.4) is 0 Å².